The molecule has 0 radical (unpaired) electrons. The number of nitrogens with one attached hydrogen (secondary N) is 1. The third-order valence-electron chi connectivity index (χ3n) is 3.47. The fourth-order valence-electron chi connectivity index (χ4n) is 2.31. The first-order valence-corrected chi connectivity index (χ1v) is 9.48. The van der Waals surface area contributed by atoms with Crippen molar-refractivity contribution in [3.63, 3.8) is 0 Å². The average molecular weight is 373 g/mol. The molecule has 1 N–H and O–H groups in total. The Balaban J connectivity index is 1.62. The summed E-state index contributed by atoms with van der Waals surface area (Å²) in [5, 5.41) is 0.764. The van der Waals surface area contributed by atoms with Crippen LogP contribution in [0.2, 0.25) is 0 Å². The van der Waals surface area contributed by atoms with Crippen molar-refractivity contribution in [2.75, 3.05) is 17.6 Å². The van der Waals surface area contributed by atoms with Gasteiger partial charge in [0.2, 0.25) is 15.8 Å². The molecule has 0 aliphatic heterocycles. The van der Waals surface area contributed by atoms with Gasteiger partial charge in [0.25, 0.3) is 0 Å². The smallest absolute Gasteiger partial charge is 0.374 e. The second-order valence-corrected chi connectivity index (χ2v) is 7.35. The molecule has 2 aromatic carbocycles. The topological polar surface area (TPSA) is 103 Å². The van der Waals surface area contributed by atoms with Crippen molar-refractivity contribution in [3.8, 4) is 0 Å². The number of ether oxygens (including phenoxy) is 1. The lowest BCUT2D eigenvalue weighted by atomic mass is 10.1. The molecule has 0 saturated carbocycles. The molecule has 3 rings (SSSR count). The highest BCUT2D eigenvalue weighted by Crippen LogP contribution is 2.19. The number of anilines is 1. The first kappa shape index (κ1) is 17.7. The molecule has 0 bridgehead atoms. The average Bonchev–Trinajstić information content (AvgIpc) is 3.03. The Hall–Kier alpha value is -3.13. The molecular weight excluding hydrogens is 358 g/mol. The summed E-state index contributed by atoms with van der Waals surface area (Å²) in [6, 6.07) is 14.5. The van der Waals surface area contributed by atoms with Gasteiger partial charge in [-0.25, -0.2) is 13.2 Å². The summed E-state index contributed by atoms with van der Waals surface area (Å²) in [7, 11) is -3.39. The van der Waals surface area contributed by atoms with E-state index in [1.54, 1.807) is 24.3 Å². The lowest BCUT2D eigenvalue weighted by Crippen LogP contribution is -2.14. The van der Waals surface area contributed by atoms with E-state index in [4.69, 9.17) is 9.15 Å². The number of carbonyl (C=O) groups excluding carboxylic acids is 2. The lowest BCUT2D eigenvalue weighted by Gasteiger charge is -2.05. The predicted octanol–water partition coefficient (Wildman–Crippen LogP) is 2.84. The highest BCUT2D eigenvalue weighted by Gasteiger charge is 2.16. The van der Waals surface area contributed by atoms with E-state index in [1.807, 2.05) is 6.07 Å². The summed E-state index contributed by atoms with van der Waals surface area (Å²) >= 11 is 0. The molecule has 0 atom stereocenters. The molecule has 7 nitrogen and oxygen atoms in total. The normalized spacial score (nSPS) is 11.3. The van der Waals surface area contributed by atoms with E-state index in [0.29, 0.717) is 16.8 Å². The largest absolute Gasteiger partial charge is 0.451 e. The van der Waals surface area contributed by atoms with Gasteiger partial charge in [-0.3, -0.25) is 9.52 Å². The maximum Gasteiger partial charge on any atom is 0.374 e. The second kappa shape index (κ2) is 7.01. The van der Waals surface area contributed by atoms with Crippen LogP contribution in [0, 0.1) is 0 Å². The molecule has 0 spiro atoms. The van der Waals surface area contributed by atoms with Gasteiger partial charge in [-0.1, -0.05) is 18.2 Å². The van der Waals surface area contributed by atoms with Crippen LogP contribution < -0.4 is 4.72 Å². The van der Waals surface area contributed by atoms with Crippen LogP contribution in [0.4, 0.5) is 5.69 Å². The zero-order valence-electron chi connectivity index (χ0n) is 13.8. The molecule has 0 aliphatic carbocycles. The summed E-state index contributed by atoms with van der Waals surface area (Å²) in [6.45, 7) is -0.450. The molecule has 8 heteroatoms. The van der Waals surface area contributed by atoms with E-state index in [9.17, 15) is 18.0 Å². The van der Waals surface area contributed by atoms with Gasteiger partial charge in [0.15, 0.2) is 12.4 Å². The lowest BCUT2D eigenvalue weighted by molar-refractivity contribution is 0.0446. The third-order valence-corrected chi connectivity index (χ3v) is 4.08. The van der Waals surface area contributed by atoms with Crippen molar-refractivity contribution < 1.29 is 27.2 Å². The predicted molar refractivity (Wildman–Crippen MR) is 95.7 cm³/mol. The van der Waals surface area contributed by atoms with Gasteiger partial charge in [0.05, 0.1) is 6.26 Å². The van der Waals surface area contributed by atoms with Crippen molar-refractivity contribution in [2.24, 2.45) is 0 Å². The minimum absolute atomic E-state index is 0.0201. The SMILES string of the molecule is CS(=O)(=O)Nc1ccc(C(=O)COC(=O)c2cc3ccccc3o2)cc1. The molecule has 26 heavy (non-hydrogen) atoms. The monoisotopic (exact) mass is 373 g/mol. The van der Waals surface area contributed by atoms with Gasteiger partial charge >= 0.3 is 5.97 Å². The molecule has 0 saturated heterocycles. The number of esters is 1. The number of rotatable bonds is 6. The summed E-state index contributed by atoms with van der Waals surface area (Å²) in [4.78, 5) is 24.1. The maximum atomic E-state index is 12.1. The zero-order valence-corrected chi connectivity index (χ0v) is 14.6. The van der Waals surface area contributed by atoms with E-state index >= 15 is 0 Å². The molecule has 0 aliphatic rings. The second-order valence-electron chi connectivity index (χ2n) is 5.60. The van der Waals surface area contributed by atoms with Crippen LogP contribution in [0.15, 0.2) is 59.0 Å². The van der Waals surface area contributed by atoms with Gasteiger partial charge in [-0.05, 0) is 36.4 Å². The number of hydrogen-bond acceptors (Lipinski definition) is 6. The molecule has 1 heterocycles. The Kier molecular flexibility index (Phi) is 4.77. The van der Waals surface area contributed by atoms with Gasteiger partial charge in [0, 0.05) is 16.6 Å². The molecule has 0 amide bonds. The Morgan fingerprint density at radius 2 is 1.77 bits per heavy atom. The Labute approximate surface area is 149 Å². The van der Waals surface area contributed by atoms with Crippen molar-refractivity contribution in [3.05, 3.63) is 65.9 Å². The Morgan fingerprint density at radius 1 is 1.08 bits per heavy atom. The van der Waals surface area contributed by atoms with E-state index < -0.39 is 28.4 Å². The summed E-state index contributed by atoms with van der Waals surface area (Å²) in [5.41, 5.74) is 1.18. The first-order valence-electron chi connectivity index (χ1n) is 7.58. The van der Waals surface area contributed by atoms with Crippen LogP contribution in [0.5, 0.6) is 0 Å². The Morgan fingerprint density at radius 3 is 2.42 bits per heavy atom. The van der Waals surface area contributed by atoms with Crippen LogP contribution in [-0.2, 0) is 14.8 Å². The molecular formula is C18H15NO6S. The van der Waals surface area contributed by atoms with E-state index in [2.05, 4.69) is 4.72 Å². The zero-order chi connectivity index (χ0) is 18.7. The molecule has 134 valence electrons. The Bertz CT molecular complexity index is 1030. The van der Waals surface area contributed by atoms with Gasteiger partial charge in [-0.15, -0.1) is 0 Å². The number of hydrogen-bond donors (Lipinski definition) is 1. The standard InChI is InChI=1S/C18H15NO6S/c1-26(22,23)19-14-8-6-12(7-9-14)15(20)11-24-18(21)17-10-13-4-2-3-5-16(13)25-17/h2-10,19H,11H2,1H3. The van der Waals surface area contributed by atoms with E-state index in [-0.39, 0.29) is 5.76 Å². The number of Topliss-reactive ketones (excluding diaryl/α,β-unsaturated/α-hetero) is 1. The number of sulfonamides is 1. The van der Waals surface area contributed by atoms with Crippen LogP contribution in [-0.4, -0.2) is 33.0 Å². The first-order chi connectivity index (χ1) is 12.3. The fourth-order valence-corrected chi connectivity index (χ4v) is 2.87. The van der Waals surface area contributed by atoms with Crippen LogP contribution in [0.25, 0.3) is 11.0 Å². The quantitative estimate of drug-likeness (QED) is 0.526. The molecule has 1 aromatic heterocycles. The number of ketones is 1. The molecule has 3 aromatic rings. The van der Waals surface area contributed by atoms with Crippen molar-refractivity contribution >= 4 is 38.4 Å². The fraction of sp³-hybridized carbons (Fsp3) is 0.111. The van der Waals surface area contributed by atoms with Gasteiger partial charge in [0.1, 0.15) is 5.58 Å². The van der Waals surface area contributed by atoms with E-state index in [0.717, 1.165) is 11.6 Å². The van der Waals surface area contributed by atoms with Crippen LogP contribution >= 0.6 is 0 Å². The van der Waals surface area contributed by atoms with Crippen molar-refractivity contribution in [2.45, 2.75) is 0 Å². The number of carbonyl (C=O) groups is 2. The third kappa shape index (κ3) is 4.28. The number of fused-ring (bicyclic) bond motifs is 1. The molecule has 0 fully saturated rings. The summed E-state index contributed by atoms with van der Waals surface area (Å²) in [5.74, 6) is -1.13. The highest BCUT2D eigenvalue weighted by molar-refractivity contribution is 7.92. The summed E-state index contributed by atoms with van der Waals surface area (Å²) < 4.78 is 35.0. The number of furan rings is 1. The van der Waals surface area contributed by atoms with Crippen LogP contribution in [0.1, 0.15) is 20.9 Å². The van der Waals surface area contributed by atoms with E-state index in [1.165, 1.54) is 24.3 Å². The summed E-state index contributed by atoms with van der Waals surface area (Å²) in [6.07, 6.45) is 1.03. The van der Waals surface area contributed by atoms with Crippen molar-refractivity contribution in [1.29, 1.82) is 0 Å². The minimum Gasteiger partial charge on any atom is -0.451 e. The van der Waals surface area contributed by atoms with Gasteiger partial charge < -0.3 is 9.15 Å². The van der Waals surface area contributed by atoms with Gasteiger partial charge in [-0.2, -0.15) is 0 Å². The molecule has 0 unspecified atom stereocenters. The number of benzene rings is 2. The number of para-hydroxylation sites is 1. The maximum absolute atomic E-state index is 12.1. The van der Waals surface area contributed by atoms with Crippen molar-refractivity contribution in [1.82, 2.24) is 0 Å². The van der Waals surface area contributed by atoms with Crippen LogP contribution in [0.3, 0.4) is 0 Å². The highest BCUT2D eigenvalue weighted by atomic mass is 32.2. The minimum atomic E-state index is -3.39.